The van der Waals surface area contributed by atoms with Gasteiger partial charge in [-0.2, -0.15) is 0 Å². The molecule has 1 unspecified atom stereocenters. The number of hydrogen-bond acceptors (Lipinski definition) is 4. The van der Waals surface area contributed by atoms with E-state index in [9.17, 15) is 9.59 Å². The SMILES string of the molecule is CCN(CC)C(=O)CN(C)C(C)C(=O)NCc1ccccc1OC. The summed E-state index contributed by atoms with van der Waals surface area (Å²) in [7, 11) is 3.39. The van der Waals surface area contributed by atoms with Gasteiger partial charge in [-0.1, -0.05) is 18.2 Å². The maximum absolute atomic E-state index is 12.3. The van der Waals surface area contributed by atoms with Crippen LogP contribution in [-0.4, -0.2) is 61.4 Å². The molecule has 0 spiro atoms. The summed E-state index contributed by atoms with van der Waals surface area (Å²) >= 11 is 0. The van der Waals surface area contributed by atoms with Gasteiger partial charge in [0.05, 0.1) is 19.7 Å². The Morgan fingerprint density at radius 3 is 2.42 bits per heavy atom. The minimum Gasteiger partial charge on any atom is -0.496 e. The number of amides is 2. The van der Waals surface area contributed by atoms with Crippen LogP contribution in [0.15, 0.2) is 24.3 Å². The summed E-state index contributed by atoms with van der Waals surface area (Å²) in [6.07, 6.45) is 0. The first-order chi connectivity index (χ1) is 11.4. The van der Waals surface area contributed by atoms with Gasteiger partial charge in [0.15, 0.2) is 0 Å². The molecule has 1 aromatic carbocycles. The zero-order valence-corrected chi connectivity index (χ0v) is 15.3. The van der Waals surface area contributed by atoms with Crippen LogP contribution in [0.25, 0.3) is 0 Å². The number of hydrogen-bond donors (Lipinski definition) is 1. The average Bonchev–Trinajstić information content (AvgIpc) is 2.60. The zero-order valence-electron chi connectivity index (χ0n) is 15.3. The molecule has 6 nitrogen and oxygen atoms in total. The fourth-order valence-corrected chi connectivity index (χ4v) is 2.41. The second kappa shape index (κ2) is 9.93. The molecule has 1 rings (SSSR count). The van der Waals surface area contributed by atoms with Crippen LogP contribution in [0.4, 0.5) is 0 Å². The normalized spacial score (nSPS) is 11.9. The zero-order chi connectivity index (χ0) is 18.1. The molecule has 0 heterocycles. The summed E-state index contributed by atoms with van der Waals surface area (Å²) in [5.41, 5.74) is 0.919. The molecule has 0 fully saturated rings. The molecule has 1 aromatic rings. The lowest BCUT2D eigenvalue weighted by molar-refractivity contribution is -0.133. The minimum absolute atomic E-state index is 0.0341. The molecule has 134 valence electrons. The van der Waals surface area contributed by atoms with E-state index in [2.05, 4.69) is 5.32 Å². The number of benzene rings is 1. The number of carbonyl (C=O) groups excluding carboxylic acids is 2. The third kappa shape index (κ3) is 5.53. The van der Waals surface area contributed by atoms with Gasteiger partial charge in [-0.15, -0.1) is 0 Å². The van der Waals surface area contributed by atoms with Crippen molar-refractivity contribution in [3.05, 3.63) is 29.8 Å². The fourth-order valence-electron chi connectivity index (χ4n) is 2.41. The van der Waals surface area contributed by atoms with Crippen LogP contribution < -0.4 is 10.1 Å². The molecule has 24 heavy (non-hydrogen) atoms. The van der Waals surface area contributed by atoms with Crippen molar-refractivity contribution in [1.82, 2.24) is 15.1 Å². The molecule has 0 saturated carbocycles. The summed E-state index contributed by atoms with van der Waals surface area (Å²) in [4.78, 5) is 28.0. The lowest BCUT2D eigenvalue weighted by Crippen LogP contribution is -2.47. The molecule has 0 aromatic heterocycles. The lowest BCUT2D eigenvalue weighted by atomic mass is 10.2. The molecule has 0 saturated heterocycles. The first-order valence-corrected chi connectivity index (χ1v) is 8.32. The van der Waals surface area contributed by atoms with Crippen LogP contribution in [0.3, 0.4) is 0 Å². The van der Waals surface area contributed by atoms with Gasteiger partial charge >= 0.3 is 0 Å². The molecular weight excluding hydrogens is 306 g/mol. The van der Waals surface area contributed by atoms with Crippen molar-refractivity contribution < 1.29 is 14.3 Å². The van der Waals surface area contributed by atoms with E-state index in [1.165, 1.54) is 0 Å². The van der Waals surface area contributed by atoms with E-state index in [-0.39, 0.29) is 24.4 Å². The average molecular weight is 335 g/mol. The molecule has 0 bridgehead atoms. The number of likely N-dealkylation sites (N-methyl/N-ethyl adjacent to an activating group) is 2. The summed E-state index contributed by atoms with van der Waals surface area (Å²) in [6.45, 7) is 7.67. The summed E-state index contributed by atoms with van der Waals surface area (Å²) in [6, 6.07) is 7.18. The van der Waals surface area contributed by atoms with Gasteiger partial charge in [0.25, 0.3) is 0 Å². The Morgan fingerprint density at radius 1 is 1.21 bits per heavy atom. The Bertz CT molecular complexity index is 544. The van der Waals surface area contributed by atoms with Crippen molar-refractivity contribution in [2.24, 2.45) is 0 Å². The quantitative estimate of drug-likeness (QED) is 0.743. The second-order valence-electron chi connectivity index (χ2n) is 5.69. The molecule has 1 atom stereocenters. The van der Waals surface area contributed by atoms with Crippen molar-refractivity contribution in [2.45, 2.75) is 33.4 Å². The third-order valence-corrected chi connectivity index (χ3v) is 4.19. The molecule has 0 aliphatic carbocycles. The van der Waals surface area contributed by atoms with Crippen LogP contribution >= 0.6 is 0 Å². The topological polar surface area (TPSA) is 61.9 Å². The summed E-state index contributed by atoms with van der Waals surface area (Å²) < 4.78 is 5.28. The van der Waals surface area contributed by atoms with Gasteiger partial charge in [0.1, 0.15) is 5.75 Å². The van der Waals surface area contributed by atoms with Gasteiger partial charge in [-0.3, -0.25) is 14.5 Å². The molecule has 0 aliphatic heterocycles. The van der Waals surface area contributed by atoms with Crippen LogP contribution in [-0.2, 0) is 16.1 Å². The van der Waals surface area contributed by atoms with Gasteiger partial charge in [-0.25, -0.2) is 0 Å². The maximum atomic E-state index is 12.3. The standard InChI is InChI=1S/C18H29N3O3/c1-6-21(7-2)17(22)13-20(4)14(3)18(23)19-12-15-10-8-9-11-16(15)24-5/h8-11,14H,6-7,12-13H2,1-5H3,(H,19,23). The van der Waals surface area contributed by atoms with E-state index in [4.69, 9.17) is 4.74 Å². The van der Waals surface area contributed by atoms with Crippen molar-refractivity contribution in [2.75, 3.05) is 33.8 Å². The van der Waals surface area contributed by atoms with Crippen molar-refractivity contribution in [3.63, 3.8) is 0 Å². The Kier molecular flexibility index (Phi) is 8.26. The largest absolute Gasteiger partial charge is 0.496 e. The molecule has 0 aliphatic rings. The van der Waals surface area contributed by atoms with Crippen LogP contribution in [0.1, 0.15) is 26.3 Å². The molecular formula is C18H29N3O3. The highest BCUT2D eigenvalue weighted by atomic mass is 16.5. The first-order valence-electron chi connectivity index (χ1n) is 8.32. The van der Waals surface area contributed by atoms with E-state index >= 15 is 0 Å². The predicted molar refractivity (Wildman–Crippen MR) is 94.9 cm³/mol. The number of nitrogens with zero attached hydrogens (tertiary/aromatic N) is 2. The predicted octanol–water partition coefficient (Wildman–Crippen LogP) is 1.50. The van der Waals surface area contributed by atoms with E-state index < -0.39 is 0 Å². The van der Waals surface area contributed by atoms with Crippen LogP contribution in [0.5, 0.6) is 5.75 Å². The Morgan fingerprint density at radius 2 is 1.83 bits per heavy atom. The number of ether oxygens (including phenoxy) is 1. The monoisotopic (exact) mass is 335 g/mol. The smallest absolute Gasteiger partial charge is 0.237 e. The summed E-state index contributed by atoms with van der Waals surface area (Å²) in [5, 5.41) is 2.90. The molecule has 2 amide bonds. The number of para-hydroxylation sites is 1. The Balaban J connectivity index is 2.56. The number of nitrogens with one attached hydrogen (secondary N) is 1. The fraction of sp³-hybridized carbons (Fsp3) is 0.556. The summed E-state index contributed by atoms with van der Waals surface area (Å²) in [5.74, 6) is 0.665. The van der Waals surface area contributed by atoms with Crippen molar-refractivity contribution in [1.29, 1.82) is 0 Å². The van der Waals surface area contributed by atoms with Gasteiger partial charge < -0.3 is 15.0 Å². The minimum atomic E-state index is -0.390. The highest BCUT2D eigenvalue weighted by molar-refractivity contribution is 5.83. The van der Waals surface area contributed by atoms with Crippen molar-refractivity contribution in [3.8, 4) is 5.75 Å². The number of carbonyl (C=O) groups is 2. The van der Waals surface area contributed by atoms with Gasteiger partial charge in [0, 0.05) is 25.2 Å². The molecule has 0 radical (unpaired) electrons. The molecule has 1 N–H and O–H groups in total. The highest BCUT2D eigenvalue weighted by Crippen LogP contribution is 2.16. The van der Waals surface area contributed by atoms with E-state index in [1.54, 1.807) is 30.9 Å². The molecule has 6 heteroatoms. The van der Waals surface area contributed by atoms with Crippen molar-refractivity contribution >= 4 is 11.8 Å². The Hall–Kier alpha value is -2.08. The van der Waals surface area contributed by atoms with E-state index in [1.807, 2.05) is 38.1 Å². The van der Waals surface area contributed by atoms with Gasteiger partial charge in [0.2, 0.25) is 11.8 Å². The highest BCUT2D eigenvalue weighted by Gasteiger charge is 2.21. The number of methoxy groups -OCH3 is 1. The lowest BCUT2D eigenvalue weighted by Gasteiger charge is -2.26. The van der Waals surface area contributed by atoms with E-state index in [0.717, 1.165) is 11.3 Å². The first kappa shape index (κ1) is 20.0. The maximum Gasteiger partial charge on any atom is 0.237 e. The number of rotatable bonds is 9. The second-order valence-corrected chi connectivity index (χ2v) is 5.69. The van der Waals surface area contributed by atoms with Gasteiger partial charge in [-0.05, 0) is 33.9 Å². The Labute approximate surface area is 144 Å². The third-order valence-electron chi connectivity index (χ3n) is 4.19. The van der Waals surface area contributed by atoms with Crippen LogP contribution in [0, 0.1) is 0 Å². The van der Waals surface area contributed by atoms with Crippen LogP contribution in [0.2, 0.25) is 0 Å². The van der Waals surface area contributed by atoms with E-state index in [0.29, 0.717) is 19.6 Å².